The van der Waals surface area contributed by atoms with Crippen LogP contribution < -0.4 is 5.32 Å². The first-order valence-electron chi connectivity index (χ1n) is 5.45. The molecule has 2 N–H and O–H groups in total. The van der Waals surface area contributed by atoms with Crippen LogP contribution >= 0.6 is 0 Å². The number of aliphatic hydroxyl groups is 1. The van der Waals surface area contributed by atoms with Gasteiger partial charge in [-0.1, -0.05) is 6.42 Å². The van der Waals surface area contributed by atoms with Crippen molar-refractivity contribution < 1.29 is 9.90 Å². The molecular formula is C11H21NO2. The molecule has 1 saturated carbocycles. The van der Waals surface area contributed by atoms with Crippen LogP contribution in [-0.2, 0) is 4.79 Å². The van der Waals surface area contributed by atoms with Gasteiger partial charge in [0.1, 0.15) is 0 Å². The molecule has 0 aromatic rings. The maximum Gasteiger partial charge on any atom is 0.220 e. The van der Waals surface area contributed by atoms with E-state index in [1.54, 1.807) is 0 Å². The van der Waals surface area contributed by atoms with Gasteiger partial charge in [0.05, 0.1) is 0 Å². The number of hydrogen-bond acceptors (Lipinski definition) is 2. The molecule has 0 aliphatic heterocycles. The minimum absolute atomic E-state index is 0.122. The topological polar surface area (TPSA) is 49.3 Å². The Morgan fingerprint density at radius 1 is 1.50 bits per heavy atom. The van der Waals surface area contributed by atoms with Crippen molar-refractivity contribution in [1.82, 2.24) is 5.32 Å². The van der Waals surface area contributed by atoms with E-state index < -0.39 is 0 Å². The van der Waals surface area contributed by atoms with E-state index in [9.17, 15) is 4.79 Å². The Balaban J connectivity index is 2.23. The largest absolute Gasteiger partial charge is 0.396 e. The third kappa shape index (κ3) is 3.66. The third-order valence-corrected chi connectivity index (χ3v) is 2.91. The molecule has 0 bridgehead atoms. The molecule has 1 aliphatic carbocycles. The number of carbonyl (C=O) groups excluding carboxylic acids is 1. The zero-order valence-electron chi connectivity index (χ0n) is 9.18. The van der Waals surface area contributed by atoms with Crippen LogP contribution in [0.5, 0.6) is 0 Å². The number of amides is 1. The summed E-state index contributed by atoms with van der Waals surface area (Å²) in [6.07, 6.45) is 4.96. The fourth-order valence-electron chi connectivity index (χ4n) is 1.73. The summed E-state index contributed by atoms with van der Waals surface area (Å²) in [4.78, 5) is 11.5. The lowest BCUT2D eigenvalue weighted by Crippen LogP contribution is -2.44. The van der Waals surface area contributed by atoms with Gasteiger partial charge in [0.2, 0.25) is 5.91 Å². The van der Waals surface area contributed by atoms with Crippen molar-refractivity contribution in [2.24, 2.45) is 5.92 Å². The minimum atomic E-state index is -0.268. The highest BCUT2D eigenvalue weighted by Crippen LogP contribution is 2.29. The molecule has 0 aromatic carbocycles. The predicted octanol–water partition coefficient (Wildman–Crippen LogP) is 1.45. The lowest BCUT2D eigenvalue weighted by atomic mass is 9.82. The van der Waals surface area contributed by atoms with Gasteiger partial charge in [-0.2, -0.15) is 0 Å². The molecule has 0 radical (unpaired) electrons. The summed E-state index contributed by atoms with van der Waals surface area (Å²) in [5, 5.41) is 11.8. The lowest BCUT2D eigenvalue weighted by Gasteiger charge is -2.29. The second-order valence-corrected chi connectivity index (χ2v) is 4.91. The van der Waals surface area contributed by atoms with Gasteiger partial charge >= 0.3 is 0 Å². The molecule has 3 nitrogen and oxygen atoms in total. The Labute approximate surface area is 85.9 Å². The fraction of sp³-hybridized carbons (Fsp3) is 0.909. The molecule has 14 heavy (non-hydrogen) atoms. The van der Waals surface area contributed by atoms with Crippen molar-refractivity contribution in [1.29, 1.82) is 0 Å². The molecule has 1 amide bonds. The Morgan fingerprint density at radius 2 is 2.14 bits per heavy atom. The highest BCUT2D eigenvalue weighted by molar-refractivity contribution is 5.77. The van der Waals surface area contributed by atoms with E-state index in [2.05, 4.69) is 5.32 Å². The van der Waals surface area contributed by atoms with E-state index in [4.69, 9.17) is 5.11 Å². The molecule has 0 heterocycles. The number of rotatable bonds is 5. The van der Waals surface area contributed by atoms with Gasteiger partial charge < -0.3 is 10.4 Å². The van der Waals surface area contributed by atoms with E-state index >= 15 is 0 Å². The summed E-state index contributed by atoms with van der Waals surface area (Å²) in [5.74, 6) is 0.744. The van der Waals surface area contributed by atoms with Gasteiger partial charge in [-0.05, 0) is 39.0 Å². The zero-order valence-corrected chi connectivity index (χ0v) is 9.18. The van der Waals surface area contributed by atoms with Gasteiger partial charge in [0.25, 0.3) is 0 Å². The summed E-state index contributed by atoms with van der Waals surface area (Å²) in [6.45, 7) is 4.01. The van der Waals surface area contributed by atoms with Crippen LogP contribution in [0, 0.1) is 5.92 Å². The van der Waals surface area contributed by atoms with Gasteiger partial charge in [-0.3, -0.25) is 4.79 Å². The van der Waals surface area contributed by atoms with E-state index in [-0.39, 0.29) is 18.1 Å². The summed E-state index contributed by atoms with van der Waals surface area (Å²) in [7, 11) is 0. The van der Waals surface area contributed by atoms with E-state index in [1.165, 1.54) is 19.3 Å². The number of carbonyl (C=O) groups is 1. The monoisotopic (exact) mass is 199 g/mol. The molecule has 1 rings (SSSR count). The maximum atomic E-state index is 11.5. The maximum absolute atomic E-state index is 11.5. The quantitative estimate of drug-likeness (QED) is 0.704. The van der Waals surface area contributed by atoms with Crippen LogP contribution in [0.4, 0.5) is 0 Å². The van der Waals surface area contributed by atoms with Gasteiger partial charge in [-0.15, -0.1) is 0 Å². The Kier molecular flexibility index (Phi) is 3.93. The van der Waals surface area contributed by atoms with E-state index in [1.807, 2.05) is 13.8 Å². The molecule has 0 atom stereocenters. The predicted molar refractivity (Wildman–Crippen MR) is 55.9 cm³/mol. The summed E-state index contributed by atoms with van der Waals surface area (Å²) in [5.41, 5.74) is -0.268. The normalized spacial score (nSPS) is 17.6. The number of nitrogens with one attached hydrogen (secondary N) is 1. The highest BCUT2D eigenvalue weighted by atomic mass is 16.3. The first-order chi connectivity index (χ1) is 6.53. The second-order valence-electron chi connectivity index (χ2n) is 4.91. The smallest absolute Gasteiger partial charge is 0.220 e. The van der Waals surface area contributed by atoms with Crippen molar-refractivity contribution in [3.05, 3.63) is 0 Å². The van der Waals surface area contributed by atoms with Gasteiger partial charge in [-0.25, -0.2) is 0 Å². The Morgan fingerprint density at radius 3 is 2.57 bits per heavy atom. The number of aliphatic hydroxyl groups excluding tert-OH is 1. The molecule has 0 aromatic heterocycles. The lowest BCUT2D eigenvalue weighted by molar-refractivity contribution is -0.124. The fourth-order valence-corrected chi connectivity index (χ4v) is 1.73. The average Bonchev–Trinajstić information content (AvgIpc) is 1.95. The van der Waals surface area contributed by atoms with Crippen molar-refractivity contribution in [3.8, 4) is 0 Å². The first-order valence-corrected chi connectivity index (χ1v) is 5.45. The van der Waals surface area contributed by atoms with Gasteiger partial charge in [0, 0.05) is 18.6 Å². The first kappa shape index (κ1) is 11.5. The third-order valence-electron chi connectivity index (χ3n) is 2.91. The minimum Gasteiger partial charge on any atom is -0.396 e. The van der Waals surface area contributed by atoms with Crippen molar-refractivity contribution in [3.63, 3.8) is 0 Å². The van der Waals surface area contributed by atoms with Crippen LogP contribution in [0.25, 0.3) is 0 Å². The average molecular weight is 199 g/mol. The van der Waals surface area contributed by atoms with Crippen LogP contribution in [0.15, 0.2) is 0 Å². The summed E-state index contributed by atoms with van der Waals surface area (Å²) in [6, 6.07) is 0. The molecule has 82 valence electrons. The Bertz CT molecular complexity index is 197. The molecule has 3 heteroatoms. The standard InChI is InChI=1S/C11H21NO2/c1-11(2,6-7-13)12-10(14)8-9-4-3-5-9/h9,13H,3-8H2,1-2H3,(H,12,14). The van der Waals surface area contributed by atoms with Crippen LogP contribution in [0.3, 0.4) is 0 Å². The number of hydrogen-bond donors (Lipinski definition) is 2. The molecule has 0 saturated heterocycles. The van der Waals surface area contributed by atoms with Crippen molar-refractivity contribution in [2.75, 3.05) is 6.61 Å². The molecular weight excluding hydrogens is 178 g/mol. The van der Waals surface area contributed by atoms with Crippen LogP contribution in [0.2, 0.25) is 0 Å². The summed E-state index contributed by atoms with van der Waals surface area (Å²) < 4.78 is 0. The van der Waals surface area contributed by atoms with Crippen LogP contribution in [-0.4, -0.2) is 23.2 Å². The summed E-state index contributed by atoms with van der Waals surface area (Å²) >= 11 is 0. The van der Waals surface area contributed by atoms with Gasteiger partial charge in [0.15, 0.2) is 0 Å². The molecule has 1 fully saturated rings. The van der Waals surface area contributed by atoms with Crippen molar-refractivity contribution >= 4 is 5.91 Å². The molecule has 0 spiro atoms. The van der Waals surface area contributed by atoms with E-state index in [0.717, 1.165) is 0 Å². The van der Waals surface area contributed by atoms with Crippen LogP contribution in [0.1, 0.15) is 46.0 Å². The Hall–Kier alpha value is -0.570. The van der Waals surface area contributed by atoms with E-state index in [0.29, 0.717) is 18.8 Å². The molecule has 1 aliphatic rings. The zero-order chi connectivity index (χ0) is 10.6. The molecule has 0 unspecified atom stereocenters. The SMILES string of the molecule is CC(C)(CCO)NC(=O)CC1CCC1. The second kappa shape index (κ2) is 4.78. The highest BCUT2D eigenvalue weighted by Gasteiger charge is 2.24. The van der Waals surface area contributed by atoms with Crippen molar-refractivity contribution in [2.45, 2.75) is 51.5 Å².